The summed E-state index contributed by atoms with van der Waals surface area (Å²) in [4.78, 5) is 18.3. The smallest absolute Gasteiger partial charge is 0.303 e. The zero-order chi connectivity index (χ0) is 28.9. The van der Waals surface area contributed by atoms with Crippen molar-refractivity contribution in [1.29, 1.82) is 0 Å². The van der Waals surface area contributed by atoms with E-state index in [0.29, 0.717) is 79.6 Å². The molecule has 40 heavy (non-hydrogen) atoms. The molecular formula is C29H34F3N3O5. The number of methoxy groups -OCH3 is 1. The first kappa shape index (κ1) is 29.6. The van der Waals surface area contributed by atoms with Crippen molar-refractivity contribution in [3.63, 3.8) is 0 Å². The van der Waals surface area contributed by atoms with Crippen molar-refractivity contribution in [2.45, 2.75) is 44.8 Å². The van der Waals surface area contributed by atoms with E-state index in [1.807, 2.05) is 0 Å². The van der Waals surface area contributed by atoms with E-state index in [-0.39, 0.29) is 18.7 Å². The first-order valence-electron chi connectivity index (χ1n) is 13.2. The SMILES string of the molecule is COc1ccc2ncc(CO)c(C(O)CCC3(CC(=O)O)CCN(CCNc4cc(F)c(F)c(F)c4)CC3)c2c1. The molecule has 2 heterocycles. The predicted molar refractivity (Wildman–Crippen MR) is 144 cm³/mol. The van der Waals surface area contributed by atoms with Gasteiger partial charge in [-0.3, -0.25) is 9.78 Å². The first-order chi connectivity index (χ1) is 19.1. The largest absolute Gasteiger partial charge is 0.497 e. The molecule has 4 N–H and O–H groups in total. The Morgan fingerprint density at radius 1 is 1.18 bits per heavy atom. The minimum Gasteiger partial charge on any atom is -0.497 e. The summed E-state index contributed by atoms with van der Waals surface area (Å²) in [7, 11) is 1.54. The molecule has 216 valence electrons. The highest BCUT2D eigenvalue weighted by molar-refractivity contribution is 5.85. The number of piperidine rings is 1. The highest BCUT2D eigenvalue weighted by Gasteiger charge is 2.37. The summed E-state index contributed by atoms with van der Waals surface area (Å²) < 4.78 is 45.4. The number of carboxylic acid groups (broad SMARTS) is 1. The van der Waals surface area contributed by atoms with Gasteiger partial charge in [-0.05, 0) is 68.0 Å². The van der Waals surface area contributed by atoms with Crippen molar-refractivity contribution in [3.05, 3.63) is 65.1 Å². The summed E-state index contributed by atoms with van der Waals surface area (Å²) in [6, 6.07) is 7.13. The van der Waals surface area contributed by atoms with Crippen molar-refractivity contribution in [3.8, 4) is 5.75 Å². The number of hydrogen-bond acceptors (Lipinski definition) is 7. The number of rotatable bonds is 12. The molecule has 4 rings (SSSR count). The first-order valence-corrected chi connectivity index (χ1v) is 13.2. The van der Waals surface area contributed by atoms with Crippen LogP contribution >= 0.6 is 0 Å². The predicted octanol–water partition coefficient (Wildman–Crippen LogP) is 4.64. The van der Waals surface area contributed by atoms with Gasteiger partial charge in [0.2, 0.25) is 0 Å². The summed E-state index contributed by atoms with van der Waals surface area (Å²) in [6.45, 7) is 1.87. The summed E-state index contributed by atoms with van der Waals surface area (Å²) in [5, 5.41) is 34.4. The van der Waals surface area contributed by atoms with Crippen molar-refractivity contribution >= 4 is 22.6 Å². The second kappa shape index (κ2) is 12.8. The van der Waals surface area contributed by atoms with E-state index < -0.39 is 34.9 Å². The number of hydrogen-bond donors (Lipinski definition) is 4. The molecule has 0 aliphatic carbocycles. The van der Waals surface area contributed by atoms with Gasteiger partial charge in [0.1, 0.15) is 5.75 Å². The number of aromatic nitrogens is 1. The fourth-order valence-corrected chi connectivity index (χ4v) is 5.57. The normalized spacial score (nSPS) is 16.1. The number of carboxylic acids is 1. The average molecular weight is 562 g/mol. The molecule has 1 unspecified atom stereocenters. The molecular weight excluding hydrogens is 527 g/mol. The average Bonchev–Trinajstić information content (AvgIpc) is 2.94. The molecule has 1 fully saturated rings. The molecule has 0 radical (unpaired) electrons. The van der Waals surface area contributed by atoms with Gasteiger partial charge in [0.05, 0.1) is 31.8 Å². The molecule has 1 aromatic heterocycles. The molecule has 0 amide bonds. The third-order valence-electron chi connectivity index (χ3n) is 7.83. The van der Waals surface area contributed by atoms with E-state index in [4.69, 9.17) is 4.74 Å². The van der Waals surface area contributed by atoms with Crippen LogP contribution in [0.2, 0.25) is 0 Å². The number of ether oxygens (including phenoxy) is 1. The summed E-state index contributed by atoms with van der Waals surface area (Å²) >= 11 is 0. The van der Waals surface area contributed by atoms with Crippen LogP contribution in [0.15, 0.2) is 36.5 Å². The lowest BCUT2D eigenvalue weighted by Crippen LogP contribution is -2.43. The maximum Gasteiger partial charge on any atom is 0.303 e. The molecule has 0 spiro atoms. The number of pyridine rings is 1. The molecule has 1 aliphatic heterocycles. The number of fused-ring (bicyclic) bond motifs is 1. The number of aliphatic hydroxyl groups excluding tert-OH is 2. The van der Waals surface area contributed by atoms with E-state index in [1.54, 1.807) is 31.5 Å². The summed E-state index contributed by atoms with van der Waals surface area (Å²) in [6.07, 6.45) is 2.55. The molecule has 0 saturated carbocycles. The second-order valence-corrected chi connectivity index (χ2v) is 10.4. The molecule has 0 bridgehead atoms. The maximum atomic E-state index is 13.5. The number of nitrogens with one attached hydrogen (secondary N) is 1. The van der Waals surface area contributed by atoms with E-state index in [2.05, 4.69) is 15.2 Å². The highest BCUT2D eigenvalue weighted by Crippen LogP contribution is 2.42. The van der Waals surface area contributed by atoms with Crippen LogP contribution in [-0.2, 0) is 11.4 Å². The molecule has 1 atom stereocenters. The molecule has 1 aliphatic rings. The monoisotopic (exact) mass is 561 g/mol. The van der Waals surface area contributed by atoms with Gasteiger partial charge in [-0.15, -0.1) is 0 Å². The number of aliphatic carboxylic acids is 1. The fourth-order valence-electron chi connectivity index (χ4n) is 5.57. The molecule has 8 nitrogen and oxygen atoms in total. The van der Waals surface area contributed by atoms with Gasteiger partial charge in [-0.25, -0.2) is 13.2 Å². The van der Waals surface area contributed by atoms with Gasteiger partial charge in [0.15, 0.2) is 17.5 Å². The van der Waals surface area contributed by atoms with Gasteiger partial charge in [0.25, 0.3) is 0 Å². The second-order valence-electron chi connectivity index (χ2n) is 10.4. The van der Waals surface area contributed by atoms with Crippen molar-refractivity contribution in [2.24, 2.45) is 5.41 Å². The minimum absolute atomic E-state index is 0.0300. The van der Waals surface area contributed by atoms with E-state index in [0.717, 1.165) is 12.1 Å². The number of likely N-dealkylation sites (tertiary alicyclic amines) is 1. The van der Waals surface area contributed by atoms with E-state index in [1.165, 1.54) is 0 Å². The number of halogens is 3. The lowest BCUT2D eigenvalue weighted by atomic mass is 9.71. The summed E-state index contributed by atoms with van der Waals surface area (Å²) in [5.74, 6) is -4.33. The van der Waals surface area contributed by atoms with Crippen LogP contribution in [-0.4, -0.2) is 64.5 Å². The van der Waals surface area contributed by atoms with Crippen molar-refractivity contribution in [1.82, 2.24) is 9.88 Å². The third kappa shape index (κ3) is 6.83. The number of anilines is 1. The number of benzene rings is 2. The van der Waals surface area contributed by atoms with Gasteiger partial charge >= 0.3 is 5.97 Å². The van der Waals surface area contributed by atoms with Crippen LogP contribution in [0.3, 0.4) is 0 Å². The lowest BCUT2D eigenvalue weighted by Gasteiger charge is -2.41. The van der Waals surface area contributed by atoms with E-state index >= 15 is 0 Å². The standard InChI is InChI=1S/C29H34F3N3O5/c1-40-20-2-3-24-21(14-20)27(18(17-36)16-34-24)25(37)4-5-29(15-26(38)39)6-9-35(10-7-29)11-8-33-19-12-22(30)28(32)23(31)13-19/h2-3,12-14,16,25,33,36-37H,4-11,15,17H2,1H3,(H,38,39). The lowest BCUT2D eigenvalue weighted by molar-refractivity contribution is -0.141. The Bertz CT molecular complexity index is 1320. The minimum atomic E-state index is -1.51. The van der Waals surface area contributed by atoms with Crippen LogP contribution in [0, 0.1) is 22.9 Å². The van der Waals surface area contributed by atoms with Gasteiger partial charge < -0.3 is 30.3 Å². The Kier molecular flexibility index (Phi) is 9.49. The van der Waals surface area contributed by atoms with Crippen molar-refractivity contribution < 1.29 is 38.0 Å². The fraction of sp³-hybridized carbons (Fsp3) is 0.448. The molecule has 2 aromatic carbocycles. The zero-order valence-corrected chi connectivity index (χ0v) is 22.3. The van der Waals surface area contributed by atoms with Gasteiger partial charge in [-0.2, -0.15) is 0 Å². The van der Waals surface area contributed by atoms with Crippen LogP contribution in [0.5, 0.6) is 5.75 Å². The number of carbonyl (C=O) groups is 1. The van der Waals surface area contributed by atoms with Crippen molar-refractivity contribution in [2.75, 3.05) is 38.6 Å². The topological polar surface area (TPSA) is 115 Å². The molecule has 3 aromatic rings. The number of aliphatic hydroxyl groups is 2. The number of nitrogens with zero attached hydrogens (tertiary/aromatic N) is 2. The summed E-state index contributed by atoms with van der Waals surface area (Å²) in [5.41, 5.74) is 1.35. The molecule has 1 saturated heterocycles. The Morgan fingerprint density at radius 3 is 2.50 bits per heavy atom. The zero-order valence-electron chi connectivity index (χ0n) is 22.3. The van der Waals surface area contributed by atoms with Crippen LogP contribution < -0.4 is 10.1 Å². The third-order valence-corrected chi connectivity index (χ3v) is 7.83. The Morgan fingerprint density at radius 2 is 1.88 bits per heavy atom. The van der Waals surface area contributed by atoms with Crippen LogP contribution in [0.4, 0.5) is 18.9 Å². The van der Waals surface area contributed by atoms with Crippen LogP contribution in [0.1, 0.15) is 49.3 Å². The Labute approximate surface area is 230 Å². The molecule has 11 heteroatoms. The maximum absolute atomic E-state index is 13.5. The van der Waals surface area contributed by atoms with E-state index in [9.17, 15) is 33.3 Å². The Balaban J connectivity index is 1.40. The quantitative estimate of drug-likeness (QED) is 0.237. The van der Waals surface area contributed by atoms with Gasteiger partial charge in [-0.1, -0.05) is 0 Å². The highest BCUT2D eigenvalue weighted by atomic mass is 19.2. The van der Waals surface area contributed by atoms with Crippen LogP contribution in [0.25, 0.3) is 10.9 Å². The Hall–Kier alpha value is -3.41. The van der Waals surface area contributed by atoms with Gasteiger partial charge in [0, 0.05) is 48.1 Å².